The van der Waals surface area contributed by atoms with Crippen LogP contribution in [0.25, 0.3) is 5.69 Å². The minimum Gasteiger partial charge on any atom is -0.494 e. The van der Waals surface area contributed by atoms with Gasteiger partial charge in [0, 0.05) is 12.0 Å². The fraction of sp³-hybridized carbons (Fsp3) is 0.467. The quantitative estimate of drug-likeness (QED) is 0.813. The molecule has 114 valence electrons. The van der Waals surface area contributed by atoms with Gasteiger partial charge in [-0.15, -0.1) is 10.2 Å². The summed E-state index contributed by atoms with van der Waals surface area (Å²) in [6.45, 7) is 9.14. The largest absolute Gasteiger partial charge is 0.494 e. The number of halogens is 1. The Balaban J connectivity index is 2.59. The van der Waals surface area contributed by atoms with Crippen molar-refractivity contribution < 1.29 is 9.47 Å². The van der Waals surface area contributed by atoms with Crippen molar-refractivity contribution in [2.75, 3.05) is 13.2 Å². The highest BCUT2D eigenvalue weighted by molar-refractivity contribution is 6.28. The maximum atomic E-state index is 6.22. The third-order valence-corrected chi connectivity index (χ3v) is 3.19. The van der Waals surface area contributed by atoms with E-state index >= 15 is 0 Å². The minimum atomic E-state index is 0.190. The van der Waals surface area contributed by atoms with Crippen LogP contribution in [0, 0.1) is 0 Å². The maximum Gasteiger partial charge on any atom is 0.229 e. The van der Waals surface area contributed by atoms with E-state index < -0.39 is 0 Å². The summed E-state index contributed by atoms with van der Waals surface area (Å²) in [7, 11) is 0. The first-order valence-electron chi connectivity index (χ1n) is 7.09. The monoisotopic (exact) mass is 309 g/mol. The van der Waals surface area contributed by atoms with Crippen LogP contribution in [0.4, 0.5) is 0 Å². The molecule has 0 amide bonds. The molecule has 0 bridgehead atoms. The van der Waals surface area contributed by atoms with E-state index in [2.05, 4.69) is 10.2 Å². The van der Waals surface area contributed by atoms with Gasteiger partial charge in [0.1, 0.15) is 17.3 Å². The highest BCUT2D eigenvalue weighted by atomic mass is 35.5. The Kier molecular flexibility index (Phi) is 5.07. The normalized spacial score (nSPS) is 11.0. The fourth-order valence-corrected chi connectivity index (χ4v) is 2.29. The second-order valence-corrected chi connectivity index (χ2v) is 5.15. The highest BCUT2D eigenvalue weighted by Gasteiger charge is 2.19. The van der Waals surface area contributed by atoms with Gasteiger partial charge in [-0.1, -0.05) is 13.8 Å². The van der Waals surface area contributed by atoms with Crippen LogP contribution < -0.4 is 9.47 Å². The molecule has 0 radical (unpaired) electrons. The molecule has 6 heteroatoms. The van der Waals surface area contributed by atoms with E-state index in [0.717, 1.165) is 23.0 Å². The van der Waals surface area contributed by atoms with Gasteiger partial charge in [-0.2, -0.15) is 0 Å². The van der Waals surface area contributed by atoms with Gasteiger partial charge < -0.3 is 9.47 Å². The van der Waals surface area contributed by atoms with Crippen molar-refractivity contribution in [3.8, 4) is 17.2 Å². The van der Waals surface area contributed by atoms with Gasteiger partial charge in [-0.25, -0.2) is 0 Å². The lowest BCUT2D eigenvalue weighted by Gasteiger charge is -2.16. The van der Waals surface area contributed by atoms with Gasteiger partial charge in [-0.3, -0.25) is 4.57 Å². The van der Waals surface area contributed by atoms with Gasteiger partial charge in [0.25, 0.3) is 0 Å². The van der Waals surface area contributed by atoms with E-state index in [1.54, 1.807) is 4.57 Å². The predicted molar refractivity (Wildman–Crippen MR) is 82.8 cm³/mol. The van der Waals surface area contributed by atoms with Crippen molar-refractivity contribution in [1.29, 1.82) is 0 Å². The van der Waals surface area contributed by atoms with Crippen LogP contribution in [0.15, 0.2) is 18.2 Å². The molecule has 1 aromatic heterocycles. The number of hydrogen-bond donors (Lipinski definition) is 0. The molecule has 2 rings (SSSR count). The summed E-state index contributed by atoms with van der Waals surface area (Å²) in [5.41, 5.74) is 0.793. The van der Waals surface area contributed by atoms with E-state index in [-0.39, 0.29) is 5.92 Å². The predicted octanol–water partition coefficient (Wildman–Crippen LogP) is 3.84. The highest BCUT2D eigenvalue weighted by Crippen LogP contribution is 2.32. The van der Waals surface area contributed by atoms with Crippen molar-refractivity contribution in [3.05, 3.63) is 29.3 Å². The Morgan fingerprint density at radius 2 is 1.86 bits per heavy atom. The van der Waals surface area contributed by atoms with Gasteiger partial charge in [0.2, 0.25) is 5.28 Å². The number of rotatable bonds is 6. The van der Waals surface area contributed by atoms with Gasteiger partial charge in [0.05, 0.1) is 18.9 Å². The van der Waals surface area contributed by atoms with Crippen molar-refractivity contribution in [2.24, 2.45) is 0 Å². The topological polar surface area (TPSA) is 49.2 Å². The molecule has 2 aromatic rings. The summed E-state index contributed by atoms with van der Waals surface area (Å²) >= 11 is 6.22. The van der Waals surface area contributed by atoms with Crippen molar-refractivity contribution >= 4 is 11.6 Å². The number of aromatic nitrogens is 3. The maximum absolute atomic E-state index is 6.22. The number of benzene rings is 1. The van der Waals surface area contributed by atoms with E-state index in [9.17, 15) is 0 Å². The van der Waals surface area contributed by atoms with Crippen LogP contribution >= 0.6 is 11.6 Å². The summed E-state index contributed by atoms with van der Waals surface area (Å²) in [4.78, 5) is 0. The van der Waals surface area contributed by atoms with E-state index in [0.29, 0.717) is 18.5 Å². The summed E-state index contributed by atoms with van der Waals surface area (Å²) < 4.78 is 13.1. The van der Waals surface area contributed by atoms with Gasteiger partial charge in [0.15, 0.2) is 0 Å². The molecule has 0 saturated heterocycles. The van der Waals surface area contributed by atoms with Crippen molar-refractivity contribution in [1.82, 2.24) is 14.8 Å². The van der Waals surface area contributed by atoms with E-state index in [1.807, 2.05) is 45.9 Å². The first-order chi connectivity index (χ1) is 10.1. The van der Waals surface area contributed by atoms with Gasteiger partial charge >= 0.3 is 0 Å². The van der Waals surface area contributed by atoms with Gasteiger partial charge in [-0.05, 0) is 37.6 Å². The smallest absolute Gasteiger partial charge is 0.229 e. The molecular weight excluding hydrogens is 290 g/mol. The number of nitrogens with zero attached hydrogens (tertiary/aromatic N) is 3. The zero-order valence-corrected chi connectivity index (χ0v) is 13.5. The average molecular weight is 310 g/mol. The molecule has 0 spiro atoms. The lowest BCUT2D eigenvalue weighted by Crippen LogP contribution is -2.07. The molecule has 0 aliphatic rings. The minimum absolute atomic E-state index is 0.190. The molecule has 21 heavy (non-hydrogen) atoms. The molecule has 0 saturated carbocycles. The summed E-state index contributed by atoms with van der Waals surface area (Å²) in [5.74, 6) is 2.46. The lowest BCUT2D eigenvalue weighted by molar-refractivity contribution is 0.329. The molecule has 1 heterocycles. The third kappa shape index (κ3) is 3.29. The molecule has 0 aliphatic heterocycles. The van der Waals surface area contributed by atoms with Crippen LogP contribution in [0.1, 0.15) is 39.4 Å². The lowest BCUT2D eigenvalue weighted by atomic mass is 10.2. The summed E-state index contributed by atoms with van der Waals surface area (Å²) in [6.07, 6.45) is 0. The number of hydrogen-bond acceptors (Lipinski definition) is 4. The Morgan fingerprint density at radius 3 is 2.48 bits per heavy atom. The average Bonchev–Trinajstić information content (AvgIpc) is 2.83. The first kappa shape index (κ1) is 15.6. The summed E-state index contributed by atoms with van der Waals surface area (Å²) in [5, 5.41) is 8.44. The van der Waals surface area contributed by atoms with Crippen LogP contribution in [0.3, 0.4) is 0 Å². The van der Waals surface area contributed by atoms with Crippen LogP contribution in [0.5, 0.6) is 11.5 Å². The molecule has 0 unspecified atom stereocenters. The zero-order valence-electron chi connectivity index (χ0n) is 12.8. The van der Waals surface area contributed by atoms with Crippen LogP contribution in [-0.2, 0) is 0 Å². The molecule has 0 fully saturated rings. The molecule has 1 aromatic carbocycles. The van der Waals surface area contributed by atoms with Crippen molar-refractivity contribution in [3.63, 3.8) is 0 Å². The first-order valence-corrected chi connectivity index (χ1v) is 7.47. The third-order valence-electron chi connectivity index (χ3n) is 2.95. The Labute approximate surface area is 129 Å². The molecule has 0 aliphatic carbocycles. The Morgan fingerprint density at radius 1 is 1.14 bits per heavy atom. The van der Waals surface area contributed by atoms with Crippen LogP contribution in [0.2, 0.25) is 5.28 Å². The SMILES string of the molecule is CCOc1ccc(OCC)c(-n2c(Cl)nnc2C(C)C)c1. The fourth-order valence-electron chi connectivity index (χ4n) is 2.08. The molecule has 5 nitrogen and oxygen atoms in total. The van der Waals surface area contributed by atoms with E-state index in [1.165, 1.54) is 0 Å². The Hall–Kier alpha value is -1.75. The van der Waals surface area contributed by atoms with Crippen LogP contribution in [-0.4, -0.2) is 28.0 Å². The van der Waals surface area contributed by atoms with Crippen molar-refractivity contribution in [2.45, 2.75) is 33.6 Å². The summed E-state index contributed by atoms with van der Waals surface area (Å²) in [6, 6.07) is 5.66. The standard InChI is InChI=1S/C15H20ClN3O2/c1-5-20-11-7-8-13(21-6-2)12(9-11)19-14(10(3)4)17-18-15(19)16/h7-10H,5-6H2,1-4H3. The number of ether oxygens (including phenoxy) is 2. The van der Waals surface area contributed by atoms with E-state index in [4.69, 9.17) is 21.1 Å². The zero-order chi connectivity index (χ0) is 15.4. The molecule has 0 atom stereocenters. The molecular formula is C15H20ClN3O2. The molecule has 0 N–H and O–H groups in total. The Bertz CT molecular complexity index is 611. The second-order valence-electron chi connectivity index (χ2n) is 4.81. The second kappa shape index (κ2) is 6.80.